The van der Waals surface area contributed by atoms with E-state index in [4.69, 9.17) is 4.42 Å². The molecule has 1 N–H and O–H groups in total. The Labute approximate surface area is 91.4 Å². The molecule has 0 aromatic carbocycles. The van der Waals surface area contributed by atoms with Crippen LogP contribution in [0.2, 0.25) is 0 Å². The number of hydrogen-bond acceptors (Lipinski definition) is 5. The van der Waals surface area contributed by atoms with Gasteiger partial charge in [0.2, 0.25) is 5.91 Å². The number of nitrogens with one attached hydrogen (secondary N) is 1. The van der Waals surface area contributed by atoms with Crippen molar-refractivity contribution in [3.8, 4) is 0 Å². The molecule has 0 aliphatic rings. The molecule has 0 spiro atoms. The first-order chi connectivity index (χ1) is 7.75. The summed E-state index contributed by atoms with van der Waals surface area (Å²) >= 11 is 0. The Kier molecular flexibility index (Phi) is 2.95. The third kappa shape index (κ3) is 2.44. The maximum Gasteiger partial charge on any atom is 0.242 e. The zero-order valence-corrected chi connectivity index (χ0v) is 8.75. The number of carbonyl (C=O) groups is 1. The molecule has 0 bridgehead atoms. The minimum absolute atomic E-state index is 0.111. The lowest BCUT2D eigenvalue weighted by Crippen LogP contribution is -2.27. The summed E-state index contributed by atoms with van der Waals surface area (Å²) in [4.78, 5) is 11.5. The van der Waals surface area contributed by atoms with E-state index in [0.717, 1.165) is 0 Å². The molecule has 0 saturated heterocycles. The van der Waals surface area contributed by atoms with Gasteiger partial charge in [-0.05, 0) is 29.5 Å². The van der Waals surface area contributed by atoms with Crippen molar-refractivity contribution in [3.63, 3.8) is 0 Å². The minimum atomic E-state index is -0.160. The normalized spacial score (nSPS) is 10.3. The van der Waals surface area contributed by atoms with Crippen LogP contribution in [0.3, 0.4) is 0 Å². The first-order valence-corrected chi connectivity index (χ1v) is 4.77. The third-order valence-corrected chi connectivity index (χ3v) is 2.04. The molecule has 2 heterocycles. The highest BCUT2D eigenvalue weighted by Gasteiger charge is 2.07. The molecule has 2 rings (SSSR count). The number of aromatic nitrogens is 4. The Hall–Kier alpha value is -2.18. The van der Waals surface area contributed by atoms with E-state index in [1.54, 1.807) is 25.3 Å². The summed E-state index contributed by atoms with van der Waals surface area (Å²) in [7, 11) is 0. The molecule has 0 atom stereocenters. The van der Waals surface area contributed by atoms with Gasteiger partial charge in [0.15, 0.2) is 0 Å². The van der Waals surface area contributed by atoms with Crippen LogP contribution < -0.4 is 5.32 Å². The number of hydrogen-bond donors (Lipinski definition) is 1. The molecule has 0 aliphatic heterocycles. The highest BCUT2D eigenvalue weighted by atomic mass is 16.3. The Morgan fingerprint density at radius 1 is 1.62 bits per heavy atom. The van der Waals surface area contributed by atoms with Crippen LogP contribution in [0, 0.1) is 6.92 Å². The van der Waals surface area contributed by atoms with Gasteiger partial charge in [-0.25, -0.2) is 4.68 Å². The molecule has 1 amide bonds. The third-order valence-electron chi connectivity index (χ3n) is 2.04. The second kappa shape index (κ2) is 4.56. The average molecular weight is 221 g/mol. The number of rotatable bonds is 4. The number of nitrogens with zero attached hydrogens (tertiary/aromatic N) is 4. The molecule has 0 radical (unpaired) electrons. The second-order valence-electron chi connectivity index (χ2n) is 3.24. The van der Waals surface area contributed by atoms with Crippen LogP contribution in [-0.2, 0) is 17.9 Å². The van der Waals surface area contributed by atoms with Crippen molar-refractivity contribution in [2.45, 2.75) is 20.0 Å². The van der Waals surface area contributed by atoms with Crippen LogP contribution in [0.4, 0.5) is 0 Å². The lowest BCUT2D eigenvalue weighted by atomic mass is 10.4. The van der Waals surface area contributed by atoms with Crippen LogP contribution in [0.15, 0.2) is 22.8 Å². The zero-order valence-electron chi connectivity index (χ0n) is 8.75. The molecular weight excluding hydrogens is 210 g/mol. The van der Waals surface area contributed by atoms with Crippen LogP contribution >= 0.6 is 0 Å². The van der Waals surface area contributed by atoms with Gasteiger partial charge in [-0.3, -0.25) is 4.79 Å². The van der Waals surface area contributed by atoms with Crippen molar-refractivity contribution in [3.05, 3.63) is 30.0 Å². The van der Waals surface area contributed by atoms with Crippen molar-refractivity contribution >= 4 is 5.91 Å². The fraction of sp³-hybridized carbons (Fsp3) is 0.333. The molecule has 7 heteroatoms. The summed E-state index contributed by atoms with van der Waals surface area (Å²) in [5.74, 6) is 1.15. The zero-order chi connectivity index (χ0) is 11.4. The molecule has 2 aromatic heterocycles. The molecule has 2 aromatic rings. The monoisotopic (exact) mass is 221 g/mol. The van der Waals surface area contributed by atoms with Crippen molar-refractivity contribution in [2.24, 2.45) is 0 Å². The van der Waals surface area contributed by atoms with Crippen molar-refractivity contribution in [2.75, 3.05) is 0 Å². The Balaban J connectivity index is 1.83. The quantitative estimate of drug-likeness (QED) is 0.778. The lowest BCUT2D eigenvalue weighted by molar-refractivity contribution is -0.122. The van der Waals surface area contributed by atoms with E-state index in [0.29, 0.717) is 18.1 Å². The van der Waals surface area contributed by atoms with E-state index < -0.39 is 0 Å². The number of amides is 1. The highest BCUT2D eigenvalue weighted by molar-refractivity contribution is 5.75. The topological polar surface area (TPSA) is 85.8 Å². The summed E-state index contributed by atoms with van der Waals surface area (Å²) in [6.07, 6.45) is 1.56. The fourth-order valence-corrected chi connectivity index (χ4v) is 1.19. The molecule has 16 heavy (non-hydrogen) atoms. The summed E-state index contributed by atoms with van der Waals surface area (Å²) < 4.78 is 6.51. The maximum absolute atomic E-state index is 11.5. The number of tetrazole rings is 1. The molecule has 0 fully saturated rings. The van der Waals surface area contributed by atoms with Gasteiger partial charge in [0, 0.05) is 0 Å². The van der Waals surface area contributed by atoms with Gasteiger partial charge >= 0.3 is 0 Å². The first-order valence-electron chi connectivity index (χ1n) is 4.77. The molecule has 84 valence electrons. The number of carbonyl (C=O) groups excluding carboxylic acids is 1. The molecule has 0 aliphatic carbocycles. The fourth-order valence-electron chi connectivity index (χ4n) is 1.19. The van der Waals surface area contributed by atoms with Crippen LogP contribution in [-0.4, -0.2) is 26.1 Å². The van der Waals surface area contributed by atoms with Gasteiger partial charge in [-0.1, -0.05) is 0 Å². The van der Waals surface area contributed by atoms with E-state index in [2.05, 4.69) is 20.8 Å². The summed E-state index contributed by atoms with van der Waals surface area (Å²) in [6.45, 7) is 2.21. The van der Waals surface area contributed by atoms with Gasteiger partial charge in [0.05, 0.1) is 12.8 Å². The average Bonchev–Trinajstić information content (AvgIpc) is 2.88. The van der Waals surface area contributed by atoms with Crippen molar-refractivity contribution in [1.29, 1.82) is 0 Å². The van der Waals surface area contributed by atoms with Gasteiger partial charge < -0.3 is 9.73 Å². The van der Waals surface area contributed by atoms with E-state index >= 15 is 0 Å². The molecule has 7 nitrogen and oxygen atoms in total. The molecule has 0 saturated carbocycles. The Morgan fingerprint density at radius 3 is 3.12 bits per heavy atom. The number of aryl methyl sites for hydroxylation is 1. The van der Waals surface area contributed by atoms with E-state index in [1.165, 1.54) is 4.68 Å². The minimum Gasteiger partial charge on any atom is -0.467 e. The first kappa shape index (κ1) is 10.3. The van der Waals surface area contributed by atoms with Gasteiger partial charge in [0.25, 0.3) is 0 Å². The van der Waals surface area contributed by atoms with Gasteiger partial charge in [0.1, 0.15) is 18.1 Å². The standard InChI is InChI=1S/C9H11N5O2/c1-7-11-12-13-14(7)6-9(15)10-5-8-3-2-4-16-8/h2-4H,5-6H2,1H3,(H,10,15). The summed E-state index contributed by atoms with van der Waals surface area (Å²) in [5, 5.41) is 13.5. The highest BCUT2D eigenvalue weighted by Crippen LogP contribution is 1.98. The summed E-state index contributed by atoms with van der Waals surface area (Å²) in [5.41, 5.74) is 0. The predicted octanol–water partition coefficient (Wildman–Crippen LogP) is -0.109. The van der Waals surface area contributed by atoms with E-state index in [-0.39, 0.29) is 12.5 Å². The maximum atomic E-state index is 11.5. The molecular formula is C9H11N5O2. The van der Waals surface area contributed by atoms with Crippen LogP contribution in [0.5, 0.6) is 0 Å². The van der Waals surface area contributed by atoms with E-state index in [9.17, 15) is 4.79 Å². The predicted molar refractivity (Wildman–Crippen MR) is 53.1 cm³/mol. The van der Waals surface area contributed by atoms with Crippen LogP contribution in [0.1, 0.15) is 11.6 Å². The van der Waals surface area contributed by atoms with E-state index in [1.807, 2.05) is 0 Å². The number of furan rings is 1. The SMILES string of the molecule is Cc1nnnn1CC(=O)NCc1ccco1. The lowest BCUT2D eigenvalue weighted by Gasteiger charge is -2.03. The van der Waals surface area contributed by atoms with Crippen LogP contribution in [0.25, 0.3) is 0 Å². The second-order valence-corrected chi connectivity index (χ2v) is 3.24. The van der Waals surface area contributed by atoms with Crippen molar-refractivity contribution < 1.29 is 9.21 Å². The smallest absolute Gasteiger partial charge is 0.242 e. The Morgan fingerprint density at radius 2 is 2.50 bits per heavy atom. The molecule has 0 unspecified atom stereocenters. The summed E-state index contributed by atoms with van der Waals surface area (Å²) in [6, 6.07) is 3.57. The van der Waals surface area contributed by atoms with Crippen molar-refractivity contribution in [1.82, 2.24) is 25.5 Å². The van der Waals surface area contributed by atoms with Gasteiger partial charge in [-0.15, -0.1) is 5.10 Å². The van der Waals surface area contributed by atoms with Gasteiger partial charge in [-0.2, -0.15) is 0 Å². The largest absolute Gasteiger partial charge is 0.467 e. The Bertz CT molecular complexity index is 462.